The number of hydrogen-bond donors (Lipinski definition) is 2. The third-order valence-corrected chi connectivity index (χ3v) is 4.60. The zero-order valence-corrected chi connectivity index (χ0v) is 13.5. The highest BCUT2D eigenvalue weighted by atomic mass is 16.2. The third-order valence-electron chi connectivity index (χ3n) is 4.60. The number of piperidine rings is 1. The van der Waals surface area contributed by atoms with Gasteiger partial charge in [-0.1, -0.05) is 6.07 Å². The first kappa shape index (κ1) is 15.9. The fourth-order valence-corrected chi connectivity index (χ4v) is 3.35. The smallest absolute Gasteiger partial charge is 0.239 e. The van der Waals surface area contributed by atoms with Gasteiger partial charge in [0.05, 0.1) is 12.0 Å². The highest BCUT2D eigenvalue weighted by Gasteiger charge is 2.32. The van der Waals surface area contributed by atoms with E-state index in [1.165, 1.54) is 0 Å². The van der Waals surface area contributed by atoms with Crippen molar-refractivity contribution in [1.82, 2.24) is 15.2 Å². The number of amides is 2. The minimum atomic E-state index is -0.156. The van der Waals surface area contributed by atoms with E-state index in [9.17, 15) is 9.59 Å². The number of nitrogens with zero attached hydrogens (tertiary/aromatic N) is 2. The van der Waals surface area contributed by atoms with Gasteiger partial charge in [0.25, 0.3) is 0 Å². The molecule has 0 saturated carbocycles. The predicted octanol–water partition coefficient (Wildman–Crippen LogP) is 1.32. The van der Waals surface area contributed by atoms with Gasteiger partial charge < -0.3 is 15.5 Å². The summed E-state index contributed by atoms with van der Waals surface area (Å²) in [6.07, 6.45) is 3.64. The van der Waals surface area contributed by atoms with Crippen LogP contribution in [0.15, 0.2) is 18.2 Å². The van der Waals surface area contributed by atoms with Gasteiger partial charge in [-0.15, -0.1) is 0 Å². The molecule has 0 bridgehead atoms. The number of carbonyl (C=O) groups is 2. The SMILES string of the molecule is Cc1cccc(NC(=O)C2CCCN(C(=O)[C@@H]3CCCN3)C2)n1. The van der Waals surface area contributed by atoms with Crippen molar-refractivity contribution >= 4 is 17.6 Å². The maximum Gasteiger partial charge on any atom is 0.239 e. The highest BCUT2D eigenvalue weighted by molar-refractivity contribution is 5.92. The molecule has 6 heteroatoms. The number of rotatable bonds is 3. The van der Waals surface area contributed by atoms with E-state index in [1.54, 1.807) is 6.07 Å². The molecule has 3 rings (SSSR count). The van der Waals surface area contributed by atoms with Crippen LogP contribution in [0.4, 0.5) is 5.82 Å². The van der Waals surface area contributed by atoms with Crippen molar-refractivity contribution in [1.29, 1.82) is 0 Å². The van der Waals surface area contributed by atoms with Gasteiger partial charge in [0.2, 0.25) is 11.8 Å². The number of aryl methyl sites for hydroxylation is 1. The Labute approximate surface area is 136 Å². The second-order valence-corrected chi connectivity index (χ2v) is 6.43. The topological polar surface area (TPSA) is 74.3 Å². The monoisotopic (exact) mass is 316 g/mol. The van der Waals surface area contributed by atoms with E-state index in [0.717, 1.165) is 44.5 Å². The Morgan fingerprint density at radius 2 is 2.17 bits per heavy atom. The van der Waals surface area contributed by atoms with Crippen LogP contribution in [-0.4, -0.2) is 47.4 Å². The van der Waals surface area contributed by atoms with E-state index in [0.29, 0.717) is 12.4 Å². The van der Waals surface area contributed by atoms with E-state index in [2.05, 4.69) is 15.6 Å². The lowest BCUT2D eigenvalue weighted by Crippen LogP contribution is -2.49. The predicted molar refractivity (Wildman–Crippen MR) is 87.9 cm³/mol. The van der Waals surface area contributed by atoms with E-state index in [-0.39, 0.29) is 23.8 Å². The molecule has 1 aromatic heterocycles. The van der Waals surface area contributed by atoms with Crippen molar-refractivity contribution in [2.75, 3.05) is 25.0 Å². The summed E-state index contributed by atoms with van der Waals surface area (Å²) in [7, 11) is 0. The molecule has 2 atom stereocenters. The van der Waals surface area contributed by atoms with Gasteiger partial charge in [0, 0.05) is 18.8 Å². The normalized spacial score (nSPS) is 24.5. The van der Waals surface area contributed by atoms with Gasteiger partial charge >= 0.3 is 0 Å². The Kier molecular flexibility index (Phi) is 4.91. The minimum Gasteiger partial charge on any atom is -0.341 e. The molecule has 2 saturated heterocycles. The van der Waals surface area contributed by atoms with Crippen molar-refractivity contribution < 1.29 is 9.59 Å². The molecule has 0 radical (unpaired) electrons. The Morgan fingerprint density at radius 3 is 2.91 bits per heavy atom. The van der Waals surface area contributed by atoms with Crippen molar-refractivity contribution in [3.63, 3.8) is 0 Å². The summed E-state index contributed by atoms with van der Waals surface area (Å²) in [4.78, 5) is 31.1. The number of hydrogen-bond acceptors (Lipinski definition) is 4. The first-order valence-electron chi connectivity index (χ1n) is 8.40. The van der Waals surface area contributed by atoms with Crippen LogP contribution in [0.3, 0.4) is 0 Å². The van der Waals surface area contributed by atoms with Crippen LogP contribution in [0.25, 0.3) is 0 Å². The molecular weight excluding hydrogens is 292 g/mol. The molecule has 0 aliphatic carbocycles. The molecule has 2 aliphatic rings. The lowest BCUT2D eigenvalue weighted by molar-refractivity contribution is -0.136. The van der Waals surface area contributed by atoms with E-state index >= 15 is 0 Å². The van der Waals surface area contributed by atoms with E-state index < -0.39 is 0 Å². The standard InChI is InChI=1S/C17H24N4O2/c1-12-5-2-8-15(19-12)20-16(22)13-6-4-10-21(11-13)17(23)14-7-3-9-18-14/h2,5,8,13-14,18H,3-4,6-7,9-11H2,1H3,(H,19,20,22)/t13?,14-/m0/s1. The van der Waals surface area contributed by atoms with Crippen LogP contribution in [0.2, 0.25) is 0 Å². The first-order valence-corrected chi connectivity index (χ1v) is 8.40. The van der Waals surface area contributed by atoms with Crippen molar-refractivity contribution in [2.24, 2.45) is 5.92 Å². The van der Waals surface area contributed by atoms with Crippen LogP contribution in [0.1, 0.15) is 31.4 Å². The lowest BCUT2D eigenvalue weighted by atomic mass is 9.96. The zero-order valence-electron chi connectivity index (χ0n) is 13.5. The van der Waals surface area contributed by atoms with Gasteiger partial charge in [-0.2, -0.15) is 0 Å². The molecule has 0 spiro atoms. The Balaban J connectivity index is 1.59. The molecule has 0 aromatic carbocycles. The average molecular weight is 316 g/mol. The minimum absolute atomic E-state index is 0.0417. The summed E-state index contributed by atoms with van der Waals surface area (Å²) in [5.74, 6) is 0.529. The van der Waals surface area contributed by atoms with Gasteiger partial charge in [0.1, 0.15) is 5.82 Å². The molecule has 23 heavy (non-hydrogen) atoms. The van der Waals surface area contributed by atoms with Crippen molar-refractivity contribution in [2.45, 2.75) is 38.6 Å². The average Bonchev–Trinajstić information content (AvgIpc) is 3.09. The second-order valence-electron chi connectivity index (χ2n) is 6.43. The number of pyridine rings is 1. The molecule has 2 amide bonds. The molecule has 2 fully saturated rings. The molecular formula is C17H24N4O2. The largest absolute Gasteiger partial charge is 0.341 e. The summed E-state index contributed by atoms with van der Waals surface area (Å²) in [6.45, 7) is 4.07. The Hall–Kier alpha value is -1.95. The highest BCUT2D eigenvalue weighted by Crippen LogP contribution is 2.20. The summed E-state index contributed by atoms with van der Waals surface area (Å²) in [6, 6.07) is 5.50. The number of anilines is 1. The quantitative estimate of drug-likeness (QED) is 0.882. The summed E-state index contributed by atoms with van der Waals surface area (Å²) in [5.41, 5.74) is 0.871. The van der Waals surface area contributed by atoms with Crippen LogP contribution in [-0.2, 0) is 9.59 Å². The number of aromatic nitrogens is 1. The molecule has 6 nitrogen and oxygen atoms in total. The van der Waals surface area contributed by atoms with Gasteiger partial charge in [0.15, 0.2) is 0 Å². The lowest BCUT2D eigenvalue weighted by Gasteiger charge is -2.33. The Bertz CT molecular complexity index is 584. The summed E-state index contributed by atoms with van der Waals surface area (Å²) < 4.78 is 0. The molecule has 2 aliphatic heterocycles. The number of nitrogens with one attached hydrogen (secondary N) is 2. The first-order chi connectivity index (χ1) is 11.1. The fourth-order valence-electron chi connectivity index (χ4n) is 3.35. The molecule has 1 unspecified atom stereocenters. The number of carbonyl (C=O) groups excluding carboxylic acids is 2. The maximum absolute atomic E-state index is 12.5. The van der Waals surface area contributed by atoms with Crippen LogP contribution in [0.5, 0.6) is 0 Å². The molecule has 1 aromatic rings. The maximum atomic E-state index is 12.5. The molecule has 2 N–H and O–H groups in total. The van der Waals surface area contributed by atoms with Crippen molar-refractivity contribution in [3.8, 4) is 0 Å². The Morgan fingerprint density at radius 1 is 1.30 bits per heavy atom. The van der Waals surface area contributed by atoms with E-state index in [4.69, 9.17) is 0 Å². The zero-order chi connectivity index (χ0) is 16.2. The third kappa shape index (κ3) is 3.88. The number of likely N-dealkylation sites (tertiary alicyclic amines) is 1. The van der Waals surface area contributed by atoms with Gasteiger partial charge in [-0.25, -0.2) is 4.98 Å². The van der Waals surface area contributed by atoms with Crippen LogP contribution >= 0.6 is 0 Å². The molecule has 124 valence electrons. The van der Waals surface area contributed by atoms with Gasteiger partial charge in [-0.3, -0.25) is 9.59 Å². The second kappa shape index (κ2) is 7.08. The van der Waals surface area contributed by atoms with Crippen LogP contribution in [0, 0.1) is 12.8 Å². The van der Waals surface area contributed by atoms with Crippen molar-refractivity contribution in [3.05, 3.63) is 23.9 Å². The summed E-state index contributed by atoms with van der Waals surface area (Å²) >= 11 is 0. The van der Waals surface area contributed by atoms with E-state index in [1.807, 2.05) is 24.0 Å². The fraction of sp³-hybridized carbons (Fsp3) is 0.588. The summed E-state index contributed by atoms with van der Waals surface area (Å²) in [5, 5.41) is 6.12. The van der Waals surface area contributed by atoms with Gasteiger partial charge in [-0.05, 0) is 51.3 Å². The van der Waals surface area contributed by atoms with Crippen LogP contribution < -0.4 is 10.6 Å². The molecule has 3 heterocycles.